The lowest BCUT2D eigenvalue weighted by Crippen LogP contribution is -2.30. The molecule has 1 aromatic carbocycles. The van der Waals surface area contributed by atoms with Crippen LogP contribution in [0.15, 0.2) is 75.4 Å². The third kappa shape index (κ3) is 3.76. The van der Waals surface area contributed by atoms with E-state index in [1.807, 2.05) is 59.3 Å². The average molecular weight is 380 g/mol. The Morgan fingerprint density at radius 3 is 2.73 bits per heavy atom. The van der Waals surface area contributed by atoms with Gasteiger partial charge in [-0.1, -0.05) is 30.3 Å². The standard InChI is InChI=1S/C20H16N2O2S2/c23-18(11-16-13-26-20(21-16)15-8-10-25-12-15)22-19(17-7-4-9-24-17)14-5-2-1-3-6-14/h1-10,12-13,19H,11H2,(H,22,23)/t19-/m0/s1. The summed E-state index contributed by atoms with van der Waals surface area (Å²) >= 11 is 3.20. The van der Waals surface area contributed by atoms with E-state index in [0.29, 0.717) is 5.76 Å². The number of benzene rings is 1. The number of thiazole rings is 1. The number of aromatic nitrogens is 1. The number of carbonyl (C=O) groups excluding carboxylic acids is 1. The first kappa shape index (κ1) is 16.8. The first-order valence-electron chi connectivity index (χ1n) is 8.14. The molecule has 0 saturated carbocycles. The number of hydrogen-bond donors (Lipinski definition) is 1. The van der Waals surface area contributed by atoms with Gasteiger partial charge in [0.05, 0.1) is 18.4 Å². The summed E-state index contributed by atoms with van der Waals surface area (Å²) in [6.07, 6.45) is 1.86. The van der Waals surface area contributed by atoms with Gasteiger partial charge in [-0.2, -0.15) is 11.3 Å². The van der Waals surface area contributed by atoms with Gasteiger partial charge in [0.25, 0.3) is 0 Å². The molecule has 3 heterocycles. The quantitative estimate of drug-likeness (QED) is 0.517. The normalized spacial score (nSPS) is 12.0. The SMILES string of the molecule is O=C(Cc1csc(-c2ccsc2)n1)N[C@@H](c1ccccc1)c1ccco1. The maximum atomic E-state index is 12.6. The Labute approximate surface area is 159 Å². The fraction of sp³-hybridized carbons (Fsp3) is 0.100. The zero-order chi connectivity index (χ0) is 17.8. The summed E-state index contributed by atoms with van der Waals surface area (Å²) < 4.78 is 5.53. The van der Waals surface area contributed by atoms with Crippen LogP contribution in [0.25, 0.3) is 10.6 Å². The highest BCUT2D eigenvalue weighted by atomic mass is 32.1. The number of furan rings is 1. The molecule has 1 atom stereocenters. The molecule has 3 aromatic heterocycles. The molecule has 0 aliphatic rings. The number of amides is 1. The third-order valence-electron chi connectivity index (χ3n) is 3.93. The summed E-state index contributed by atoms with van der Waals surface area (Å²) in [7, 11) is 0. The van der Waals surface area contributed by atoms with Gasteiger partial charge in [0.15, 0.2) is 0 Å². The Kier molecular flexibility index (Phi) is 4.95. The van der Waals surface area contributed by atoms with Crippen LogP contribution in [0.1, 0.15) is 23.1 Å². The maximum Gasteiger partial charge on any atom is 0.226 e. The van der Waals surface area contributed by atoms with Crippen LogP contribution < -0.4 is 5.32 Å². The molecule has 0 aliphatic carbocycles. The highest BCUT2D eigenvalue weighted by Crippen LogP contribution is 2.26. The molecule has 4 nitrogen and oxygen atoms in total. The molecule has 130 valence electrons. The number of rotatable bonds is 6. The van der Waals surface area contributed by atoms with Crippen molar-refractivity contribution in [2.24, 2.45) is 0 Å². The third-order valence-corrected chi connectivity index (χ3v) is 5.55. The lowest BCUT2D eigenvalue weighted by atomic mass is 10.0. The summed E-state index contributed by atoms with van der Waals surface area (Å²) in [5, 5.41) is 10.0. The number of nitrogens with zero attached hydrogens (tertiary/aromatic N) is 1. The largest absolute Gasteiger partial charge is 0.467 e. The number of hydrogen-bond acceptors (Lipinski definition) is 5. The fourth-order valence-corrected chi connectivity index (χ4v) is 4.24. The van der Waals surface area contributed by atoms with Crippen molar-refractivity contribution in [2.45, 2.75) is 12.5 Å². The first-order valence-corrected chi connectivity index (χ1v) is 9.96. The predicted molar refractivity (Wildman–Crippen MR) is 104 cm³/mol. The summed E-state index contributed by atoms with van der Waals surface area (Å²) in [6.45, 7) is 0. The molecule has 26 heavy (non-hydrogen) atoms. The van der Waals surface area contributed by atoms with Crippen LogP contribution in [0, 0.1) is 0 Å². The van der Waals surface area contributed by atoms with Gasteiger partial charge in [-0.25, -0.2) is 4.98 Å². The van der Waals surface area contributed by atoms with Gasteiger partial charge < -0.3 is 9.73 Å². The smallest absolute Gasteiger partial charge is 0.226 e. The number of carbonyl (C=O) groups is 1. The van der Waals surface area contributed by atoms with Crippen LogP contribution in [0.2, 0.25) is 0 Å². The molecular weight excluding hydrogens is 364 g/mol. The van der Waals surface area contributed by atoms with Crippen LogP contribution in [-0.2, 0) is 11.2 Å². The fourth-order valence-electron chi connectivity index (χ4n) is 2.70. The summed E-state index contributed by atoms with van der Waals surface area (Å²) in [6, 6.07) is 15.2. The van der Waals surface area contributed by atoms with Crippen LogP contribution >= 0.6 is 22.7 Å². The zero-order valence-electron chi connectivity index (χ0n) is 13.8. The Hall–Kier alpha value is -2.70. The highest BCUT2D eigenvalue weighted by molar-refractivity contribution is 7.14. The van der Waals surface area contributed by atoms with Gasteiger partial charge in [-0.05, 0) is 29.1 Å². The van der Waals surface area contributed by atoms with Gasteiger partial charge in [-0.3, -0.25) is 4.79 Å². The molecule has 6 heteroatoms. The molecule has 1 amide bonds. The molecular formula is C20H16N2O2S2. The van der Waals surface area contributed by atoms with Gasteiger partial charge >= 0.3 is 0 Å². The van der Waals surface area contributed by atoms with E-state index < -0.39 is 0 Å². The number of nitrogens with one attached hydrogen (secondary N) is 1. The van der Waals surface area contributed by atoms with Crippen molar-refractivity contribution in [1.82, 2.24) is 10.3 Å². The first-order chi connectivity index (χ1) is 12.8. The van der Waals surface area contributed by atoms with E-state index in [2.05, 4.69) is 15.7 Å². The van der Waals surface area contributed by atoms with Crippen molar-refractivity contribution >= 4 is 28.6 Å². The monoisotopic (exact) mass is 380 g/mol. The van der Waals surface area contributed by atoms with E-state index in [9.17, 15) is 4.79 Å². The summed E-state index contributed by atoms with van der Waals surface area (Å²) in [4.78, 5) is 17.2. The van der Waals surface area contributed by atoms with E-state index in [4.69, 9.17) is 4.42 Å². The summed E-state index contributed by atoms with van der Waals surface area (Å²) in [5.74, 6) is 0.624. The molecule has 4 aromatic rings. The summed E-state index contributed by atoms with van der Waals surface area (Å²) in [5.41, 5.74) is 2.86. The van der Waals surface area contributed by atoms with Crippen LogP contribution in [0.5, 0.6) is 0 Å². The molecule has 0 spiro atoms. The van der Waals surface area contributed by atoms with Gasteiger partial charge in [0, 0.05) is 16.3 Å². The molecule has 0 bridgehead atoms. The van der Waals surface area contributed by atoms with Crippen molar-refractivity contribution in [3.63, 3.8) is 0 Å². The average Bonchev–Trinajstić information content (AvgIpc) is 3.41. The Balaban J connectivity index is 1.49. The number of thiophene rings is 1. The molecule has 0 unspecified atom stereocenters. The van der Waals surface area contributed by atoms with Crippen molar-refractivity contribution in [2.75, 3.05) is 0 Å². The van der Waals surface area contributed by atoms with Gasteiger partial charge in [0.2, 0.25) is 5.91 Å². The van der Waals surface area contributed by atoms with E-state index >= 15 is 0 Å². The van der Waals surface area contributed by atoms with E-state index in [-0.39, 0.29) is 18.4 Å². The molecule has 1 N–H and O–H groups in total. The molecule has 0 aliphatic heterocycles. The van der Waals surface area contributed by atoms with E-state index in [1.54, 1.807) is 28.9 Å². The Morgan fingerprint density at radius 1 is 1.12 bits per heavy atom. The van der Waals surface area contributed by atoms with Gasteiger partial charge in [-0.15, -0.1) is 11.3 Å². The van der Waals surface area contributed by atoms with Crippen molar-refractivity contribution in [3.05, 3.63) is 88.0 Å². The topological polar surface area (TPSA) is 55.1 Å². The molecule has 0 saturated heterocycles. The van der Waals surface area contributed by atoms with Crippen molar-refractivity contribution in [3.8, 4) is 10.6 Å². The predicted octanol–water partition coefficient (Wildman–Crippen LogP) is 4.91. The second kappa shape index (κ2) is 7.68. The molecule has 0 radical (unpaired) electrons. The minimum atomic E-state index is -0.311. The lowest BCUT2D eigenvalue weighted by molar-refractivity contribution is -0.121. The lowest BCUT2D eigenvalue weighted by Gasteiger charge is -2.17. The zero-order valence-corrected chi connectivity index (χ0v) is 15.4. The van der Waals surface area contributed by atoms with E-state index in [0.717, 1.165) is 21.8 Å². The second-order valence-electron chi connectivity index (χ2n) is 5.76. The molecule has 4 rings (SSSR count). The van der Waals surface area contributed by atoms with Crippen LogP contribution in [0.4, 0.5) is 0 Å². The van der Waals surface area contributed by atoms with Gasteiger partial charge in [0.1, 0.15) is 16.8 Å². The van der Waals surface area contributed by atoms with Crippen LogP contribution in [0.3, 0.4) is 0 Å². The van der Waals surface area contributed by atoms with E-state index in [1.165, 1.54) is 0 Å². The van der Waals surface area contributed by atoms with Crippen molar-refractivity contribution in [1.29, 1.82) is 0 Å². The maximum absolute atomic E-state index is 12.6. The molecule has 0 fully saturated rings. The Bertz CT molecular complexity index is 961. The highest BCUT2D eigenvalue weighted by Gasteiger charge is 2.20. The Morgan fingerprint density at radius 2 is 2.00 bits per heavy atom. The van der Waals surface area contributed by atoms with Crippen LogP contribution in [-0.4, -0.2) is 10.9 Å². The minimum Gasteiger partial charge on any atom is -0.467 e. The van der Waals surface area contributed by atoms with Crippen molar-refractivity contribution < 1.29 is 9.21 Å². The second-order valence-corrected chi connectivity index (χ2v) is 7.40. The minimum absolute atomic E-state index is 0.0857.